The lowest BCUT2D eigenvalue weighted by atomic mass is 9.98. The molecule has 3 N–H and O–H groups in total. The van der Waals surface area contributed by atoms with Gasteiger partial charge in [-0.25, -0.2) is 4.79 Å². The number of aliphatic hydroxyl groups excluding tert-OH is 2. The first kappa shape index (κ1) is 69.9. The van der Waals surface area contributed by atoms with E-state index in [4.69, 9.17) is 23.7 Å². The molecule has 1 aliphatic rings. The van der Waals surface area contributed by atoms with E-state index in [-0.39, 0.29) is 25.9 Å². The average Bonchev–Trinajstić information content (AvgIpc) is 3.42. The molecule has 432 valence electrons. The van der Waals surface area contributed by atoms with Crippen LogP contribution in [0, 0.1) is 0 Å². The van der Waals surface area contributed by atoms with Crippen LogP contribution in [0.25, 0.3) is 0 Å². The minimum absolute atomic E-state index is 0.0261. The van der Waals surface area contributed by atoms with E-state index in [0.29, 0.717) is 19.3 Å². The van der Waals surface area contributed by atoms with Crippen LogP contribution in [0.5, 0.6) is 0 Å². The topological polar surface area (TPSA) is 175 Å². The van der Waals surface area contributed by atoms with Crippen molar-refractivity contribution in [2.75, 3.05) is 13.2 Å². The number of hydrogen-bond donors (Lipinski definition) is 3. The summed E-state index contributed by atoms with van der Waals surface area (Å²) in [5.41, 5.74) is 0. The maximum absolute atomic E-state index is 13.1. The lowest BCUT2D eigenvalue weighted by molar-refractivity contribution is -0.301. The molecule has 1 heterocycles. The van der Waals surface area contributed by atoms with E-state index in [1.165, 1.54) is 0 Å². The highest BCUT2D eigenvalue weighted by molar-refractivity contribution is 5.74. The van der Waals surface area contributed by atoms with Gasteiger partial charge in [-0.2, -0.15) is 0 Å². The van der Waals surface area contributed by atoms with Crippen molar-refractivity contribution >= 4 is 23.9 Å². The first-order valence-corrected chi connectivity index (χ1v) is 29.2. The summed E-state index contributed by atoms with van der Waals surface area (Å²) < 4.78 is 28.3. The van der Waals surface area contributed by atoms with Gasteiger partial charge >= 0.3 is 23.9 Å². The van der Waals surface area contributed by atoms with Crippen LogP contribution in [-0.2, 0) is 42.9 Å². The number of aliphatic hydroxyl groups is 2. The van der Waals surface area contributed by atoms with Gasteiger partial charge in [0.2, 0.25) is 0 Å². The number of allylic oxidation sites excluding steroid dienone is 21. The van der Waals surface area contributed by atoms with E-state index < -0.39 is 67.3 Å². The van der Waals surface area contributed by atoms with Crippen LogP contribution in [0.4, 0.5) is 0 Å². The Morgan fingerprint density at radius 3 is 1.31 bits per heavy atom. The Labute approximate surface area is 464 Å². The molecule has 0 aromatic heterocycles. The lowest BCUT2D eigenvalue weighted by Gasteiger charge is -2.40. The normalized spacial score (nSPS) is 19.0. The summed E-state index contributed by atoms with van der Waals surface area (Å²) in [6.07, 6.45) is 60.2. The van der Waals surface area contributed by atoms with Crippen molar-refractivity contribution in [2.45, 2.75) is 237 Å². The molecular formula is C65H100O12. The lowest BCUT2D eigenvalue weighted by Crippen LogP contribution is -2.61. The van der Waals surface area contributed by atoms with Crippen LogP contribution in [0.1, 0.15) is 201 Å². The molecule has 0 amide bonds. The van der Waals surface area contributed by atoms with Crippen LogP contribution in [-0.4, -0.2) is 89.2 Å². The summed E-state index contributed by atoms with van der Waals surface area (Å²) in [6.45, 7) is 5.57. The fraction of sp³-hybridized carbons (Fsp3) is 0.600. The first-order chi connectivity index (χ1) is 37.6. The number of carboxylic acid groups (broad SMARTS) is 1. The molecule has 1 fully saturated rings. The summed E-state index contributed by atoms with van der Waals surface area (Å²) in [6, 6.07) is 0. The molecule has 6 unspecified atom stereocenters. The van der Waals surface area contributed by atoms with Crippen molar-refractivity contribution in [1.29, 1.82) is 0 Å². The van der Waals surface area contributed by atoms with Gasteiger partial charge in [-0.3, -0.25) is 14.4 Å². The predicted molar refractivity (Wildman–Crippen MR) is 312 cm³/mol. The van der Waals surface area contributed by atoms with E-state index in [1.54, 1.807) is 6.08 Å². The second kappa shape index (κ2) is 51.6. The fourth-order valence-corrected chi connectivity index (χ4v) is 7.82. The molecule has 1 aliphatic heterocycles. The Morgan fingerprint density at radius 2 is 0.857 bits per heavy atom. The largest absolute Gasteiger partial charge is 0.479 e. The van der Waals surface area contributed by atoms with E-state index in [9.17, 15) is 34.5 Å². The van der Waals surface area contributed by atoms with E-state index in [2.05, 4.69) is 136 Å². The van der Waals surface area contributed by atoms with Gasteiger partial charge < -0.3 is 39.0 Å². The smallest absolute Gasteiger partial charge is 0.335 e. The summed E-state index contributed by atoms with van der Waals surface area (Å²) >= 11 is 0. The van der Waals surface area contributed by atoms with Crippen LogP contribution >= 0.6 is 0 Å². The molecule has 1 saturated heterocycles. The third-order valence-electron chi connectivity index (χ3n) is 12.2. The number of ether oxygens (including phenoxy) is 5. The van der Waals surface area contributed by atoms with Gasteiger partial charge in [-0.15, -0.1) is 0 Å². The fourth-order valence-electron chi connectivity index (χ4n) is 7.82. The molecule has 0 radical (unpaired) electrons. The molecule has 12 heteroatoms. The van der Waals surface area contributed by atoms with E-state index >= 15 is 0 Å². The second-order valence-corrected chi connectivity index (χ2v) is 19.2. The molecule has 0 bridgehead atoms. The minimum Gasteiger partial charge on any atom is -0.479 e. The summed E-state index contributed by atoms with van der Waals surface area (Å²) in [4.78, 5) is 51.0. The van der Waals surface area contributed by atoms with Gasteiger partial charge in [0.05, 0.1) is 13.0 Å². The summed E-state index contributed by atoms with van der Waals surface area (Å²) in [5, 5.41) is 31.5. The second-order valence-electron chi connectivity index (χ2n) is 19.2. The van der Waals surface area contributed by atoms with Gasteiger partial charge in [0, 0.05) is 12.8 Å². The highest BCUT2D eigenvalue weighted by Gasteiger charge is 2.50. The van der Waals surface area contributed by atoms with Gasteiger partial charge in [-0.1, -0.05) is 206 Å². The number of rotatable bonds is 47. The third kappa shape index (κ3) is 41.6. The van der Waals surface area contributed by atoms with Gasteiger partial charge in [0.25, 0.3) is 0 Å². The highest BCUT2D eigenvalue weighted by atomic mass is 16.7. The first-order valence-electron chi connectivity index (χ1n) is 29.2. The maximum atomic E-state index is 13.1. The number of carbonyl (C=O) groups is 4. The molecule has 0 spiro atoms. The van der Waals surface area contributed by atoms with Crippen molar-refractivity contribution < 1.29 is 58.2 Å². The van der Waals surface area contributed by atoms with E-state index in [0.717, 1.165) is 141 Å². The van der Waals surface area contributed by atoms with Crippen molar-refractivity contribution in [1.82, 2.24) is 0 Å². The number of unbranched alkanes of at least 4 members (excludes halogenated alkanes) is 12. The van der Waals surface area contributed by atoms with Crippen molar-refractivity contribution in [3.63, 3.8) is 0 Å². The molecule has 6 atom stereocenters. The highest BCUT2D eigenvalue weighted by Crippen LogP contribution is 2.26. The van der Waals surface area contributed by atoms with Crippen LogP contribution in [0.3, 0.4) is 0 Å². The third-order valence-corrected chi connectivity index (χ3v) is 12.2. The maximum Gasteiger partial charge on any atom is 0.335 e. The number of esters is 3. The summed E-state index contributed by atoms with van der Waals surface area (Å²) in [5.74, 6) is -3.34. The van der Waals surface area contributed by atoms with Crippen LogP contribution in [0.2, 0.25) is 0 Å². The number of hydrogen-bond acceptors (Lipinski definition) is 11. The standard InChI is InChI=1S/C65H100O12/c1-4-7-10-13-16-19-22-25-27-28-29-30-32-35-38-41-44-47-50-53-59(68)76-63-61(70)60(69)62(64(71)72)77-65(63)74-55-56(75-58(67)52-49-46-43-40-37-33-24-21-18-15-12-9-6-3)54-73-57(66)51-48-45-42-39-36-34-31-26-23-20-17-14-11-8-5-2/h7-8,10-12,15-17,19-21,24-27,29-31,36,39,45,48,56,60-63,65,69-70H,4-6,9,13-14,18,22-23,28,32-35,37-38,40-44,46-47,49-55H2,1-3H3,(H,71,72)/b10-7-,11-8-,15-12-,19-16-,20-17-,24-21-,27-25-,30-29-,31-26-,39-36-,48-45-. The Morgan fingerprint density at radius 1 is 0.455 bits per heavy atom. The molecule has 0 aliphatic carbocycles. The van der Waals surface area contributed by atoms with Crippen molar-refractivity contribution in [2.24, 2.45) is 0 Å². The SMILES string of the molecule is CC/C=C\C/C=C\C/C=C\C/C=C\C/C=C\CC(=O)OCC(COC1OC(C(=O)O)C(O)C(O)C1OC(=O)CCCCCCCC/C=C\C/C=C\C/C=C\C/C=C\CC)OC(=O)CCCCCCC/C=C\C/C=C\CCC. The van der Waals surface area contributed by atoms with Crippen LogP contribution < -0.4 is 0 Å². The Bertz CT molecular complexity index is 1850. The molecule has 12 nitrogen and oxygen atoms in total. The van der Waals surface area contributed by atoms with Crippen molar-refractivity contribution in [3.8, 4) is 0 Å². The number of aliphatic carboxylic acids is 1. The average molecular weight is 1070 g/mol. The molecule has 77 heavy (non-hydrogen) atoms. The molecule has 1 rings (SSSR count). The Hall–Kier alpha value is -5.14. The number of carbonyl (C=O) groups excluding carboxylic acids is 3. The zero-order chi connectivity index (χ0) is 56.1. The molecule has 0 aromatic carbocycles. The van der Waals surface area contributed by atoms with Gasteiger partial charge in [-0.05, 0) is 109 Å². The minimum atomic E-state index is -1.93. The van der Waals surface area contributed by atoms with Gasteiger partial charge in [0.1, 0.15) is 18.8 Å². The van der Waals surface area contributed by atoms with E-state index in [1.807, 2.05) is 12.2 Å². The van der Waals surface area contributed by atoms with Gasteiger partial charge in [0.15, 0.2) is 24.6 Å². The monoisotopic (exact) mass is 1070 g/mol. The molecule has 0 saturated carbocycles. The molecular weight excluding hydrogens is 973 g/mol. The Balaban J connectivity index is 2.75. The zero-order valence-electron chi connectivity index (χ0n) is 47.4. The predicted octanol–water partition coefficient (Wildman–Crippen LogP) is 15.0. The summed E-state index contributed by atoms with van der Waals surface area (Å²) in [7, 11) is 0. The Kier molecular flexibility index (Phi) is 46.8. The van der Waals surface area contributed by atoms with Crippen molar-refractivity contribution in [3.05, 3.63) is 134 Å². The zero-order valence-corrected chi connectivity index (χ0v) is 47.4. The molecule has 0 aromatic rings. The van der Waals surface area contributed by atoms with Crippen LogP contribution in [0.15, 0.2) is 134 Å². The number of carboxylic acids is 1. The quantitative estimate of drug-likeness (QED) is 0.0228.